The molecule has 116 valence electrons. The van der Waals surface area contributed by atoms with Crippen molar-refractivity contribution >= 4 is 12.1 Å². The van der Waals surface area contributed by atoms with Crippen molar-refractivity contribution in [3.8, 4) is 5.75 Å². The van der Waals surface area contributed by atoms with Crippen LogP contribution in [0.3, 0.4) is 0 Å². The Morgan fingerprint density at radius 3 is 2.05 bits per heavy atom. The lowest BCUT2D eigenvalue weighted by atomic mass is 10.2. The number of halogens is 1. The highest BCUT2D eigenvalue weighted by Crippen LogP contribution is 2.15. The summed E-state index contributed by atoms with van der Waals surface area (Å²) in [5.74, 6) is -1.33. The Morgan fingerprint density at radius 1 is 1.00 bits per heavy atom. The standard InChI is InChI=1S/C15H19FO5/c1-9(2)13(17)20-14(10(3)4)21-15(18)19-12-7-5-11(16)6-8-12/h5-10,14H,1-4H3. The van der Waals surface area contributed by atoms with Crippen LogP contribution in [0.25, 0.3) is 0 Å². The minimum Gasteiger partial charge on any atom is -0.425 e. The molecule has 6 heteroatoms. The second kappa shape index (κ2) is 7.61. The average molecular weight is 298 g/mol. The van der Waals surface area contributed by atoms with Crippen LogP contribution in [0.4, 0.5) is 9.18 Å². The van der Waals surface area contributed by atoms with Crippen LogP contribution in [0.1, 0.15) is 27.7 Å². The van der Waals surface area contributed by atoms with Crippen molar-refractivity contribution in [1.82, 2.24) is 0 Å². The Bertz CT molecular complexity index is 481. The molecule has 0 heterocycles. The van der Waals surface area contributed by atoms with Crippen molar-refractivity contribution in [3.63, 3.8) is 0 Å². The molecule has 0 aliphatic rings. The minimum absolute atomic E-state index is 0.138. The Kier molecular flexibility index (Phi) is 6.14. The lowest BCUT2D eigenvalue weighted by Crippen LogP contribution is -2.32. The number of hydrogen-bond donors (Lipinski definition) is 0. The highest BCUT2D eigenvalue weighted by molar-refractivity contribution is 5.72. The summed E-state index contributed by atoms with van der Waals surface area (Å²) in [6.07, 6.45) is -2.05. The predicted octanol–water partition coefficient (Wildman–Crippen LogP) is 3.52. The van der Waals surface area contributed by atoms with Gasteiger partial charge in [-0.2, -0.15) is 0 Å². The molecule has 0 N–H and O–H groups in total. The molecule has 0 saturated heterocycles. The molecule has 0 radical (unpaired) electrons. The summed E-state index contributed by atoms with van der Waals surface area (Å²) < 4.78 is 27.7. The maximum Gasteiger partial charge on any atom is 0.516 e. The summed E-state index contributed by atoms with van der Waals surface area (Å²) in [6, 6.07) is 4.89. The Hall–Kier alpha value is -2.11. The summed E-state index contributed by atoms with van der Waals surface area (Å²) >= 11 is 0. The smallest absolute Gasteiger partial charge is 0.425 e. The van der Waals surface area contributed by atoms with Gasteiger partial charge in [-0.15, -0.1) is 0 Å². The van der Waals surface area contributed by atoms with Crippen LogP contribution in [0.2, 0.25) is 0 Å². The van der Waals surface area contributed by atoms with Gasteiger partial charge in [0.25, 0.3) is 6.29 Å². The van der Waals surface area contributed by atoms with Crippen LogP contribution in [0, 0.1) is 17.7 Å². The van der Waals surface area contributed by atoms with Crippen LogP contribution in [-0.4, -0.2) is 18.4 Å². The number of rotatable bonds is 5. The molecule has 0 bridgehead atoms. The van der Waals surface area contributed by atoms with Gasteiger partial charge >= 0.3 is 12.1 Å². The van der Waals surface area contributed by atoms with E-state index in [0.717, 1.165) is 12.1 Å². The number of carbonyl (C=O) groups excluding carboxylic acids is 2. The van der Waals surface area contributed by atoms with Crippen molar-refractivity contribution in [1.29, 1.82) is 0 Å². The van der Waals surface area contributed by atoms with Crippen LogP contribution in [-0.2, 0) is 14.3 Å². The molecule has 0 aliphatic heterocycles. The zero-order chi connectivity index (χ0) is 16.0. The largest absolute Gasteiger partial charge is 0.516 e. The maximum atomic E-state index is 12.7. The van der Waals surface area contributed by atoms with Crippen molar-refractivity contribution in [3.05, 3.63) is 30.1 Å². The number of hydrogen-bond acceptors (Lipinski definition) is 5. The van der Waals surface area contributed by atoms with Gasteiger partial charge in [-0.05, 0) is 24.3 Å². The molecule has 1 unspecified atom stereocenters. The highest BCUT2D eigenvalue weighted by Gasteiger charge is 2.25. The van der Waals surface area contributed by atoms with E-state index in [2.05, 4.69) is 0 Å². The quantitative estimate of drug-likeness (QED) is 0.473. The lowest BCUT2D eigenvalue weighted by Gasteiger charge is -2.21. The van der Waals surface area contributed by atoms with Gasteiger partial charge < -0.3 is 14.2 Å². The van der Waals surface area contributed by atoms with E-state index < -0.39 is 24.2 Å². The molecule has 1 aromatic carbocycles. The molecule has 0 aliphatic carbocycles. The topological polar surface area (TPSA) is 61.8 Å². The zero-order valence-corrected chi connectivity index (χ0v) is 12.5. The fraction of sp³-hybridized carbons (Fsp3) is 0.467. The van der Waals surface area contributed by atoms with Gasteiger partial charge in [0.1, 0.15) is 11.6 Å². The molecule has 0 spiro atoms. The Morgan fingerprint density at radius 2 is 1.57 bits per heavy atom. The van der Waals surface area contributed by atoms with E-state index in [1.165, 1.54) is 12.1 Å². The molecule has 1 rings (SSSR count). The maximum absolute atomic E-state index is 12.7. The van der Waals surface area contributed by atoms with Gasteiger partial charge in [-0.25, -0.2) is 9.18 Å². The first kappa shape index (κ1) is 16.9. The van der Waals surface area contributed by atoms with Crippen molar-refractivity contribution < 1.29 is 28.2 Å². The van der Waals surface area contributed by atoms with E-state index in [0.29, 0.717) is 0 Å². The van der Waals surface area contributed by atoms with Crippen LogP contribution < -0.4 is 4.74 Å². The first-order valence-corrected chi connectivity index (χ1v) is 6.64. The molecule has 0 fully saturated rings. The average Bonchev–Trinajstić information content (AvgIpc) is 2.40. The number of carbonyl (C=O) groups is 2. The molecular formula is C15H19FO5. The monoisotopic (exact) mass is 298 g/mol. The summed E-state index contributed by atoms with van der Waals surface area (Å²) in [4.78, 5) is 23.2. The molecular weight excluding hydrogens is 279 g/mol. The van der Waals surface area contributed by atoms with Crippen molar-refractivity contribution in [2.75, 3.05) is 0 Å². The van der Waals surface area contributed by atoms with Gasteiger partial charge in [0.2, 0.25) is 0 Å². The first-order chi connectivity index (χ1) is 9.79. The van der Waals surface area contributed by atoms with Gasteiger partial charge in [-0.3, -0.25) is 4.79 Å². The molecule has 0 aromatic heterocycles. The normalized spacial score (nSPS) is 12.1. The van der Waals surface area contributed by atoms with Crippen molar-refractivity contribution in [2.24, 2.45) is 11.8 Å². The Labute approximate surface area is 123 Å². The van der Waals surface area contributed by atoms with Gasteiger partial charge in [0, 0.05) is 5.92 Å². The van der Waals surface area contributed by atoms with E-state index in [4.69, 9.17) is 14.2 Å². The summed E-state index contributed by atoms with van der Waals surface area (Å²) in [6.45, 7) is 6.83. The van der Waals surface area contributed by atoms with Gasteiger partial charge in [0.15, 0.2) is 0 Å². The molecule has 1 atom stereocenters. The minimum atomic E-state index is -1.03. The summed E-state index contributed by atoms with van der Waals surface area (Å²) in [7, 11) is 0. The van der Waals surface area contributed by atoms with Crippen molar-refractivity contribution in [2.45, 2.75) is 34.0 Å². The van der Waals surface area contributed by atoms with E-state index >= 15 is 0 Å². The molecule has 0 saturated carbocycles. The third kappa shape index (κ3) is 5.81. The van der Waals surface area contributed by atoms with E-state index in [1.807, 2.05) is 0 Å². The Balaban J connectivity index is 2.60. The van der Waals surface area contributed by atoms with Gasteiger partial charge in [0.05, 0.1) is 5.92 Å². The number of esters is 1. The molecule has 0 amide bonds. The zero-order valence-electron chi connectivity index (χ0n) is 12.5. The van der Waals surface area contributed by atoms with E-state index in [1.54, 1.807) is 27.7 Å². The second-order valence-electron chi connectivity index (χ2n) is 5.13. The lowest BCUT2D eigenvalue weighted by molar-refractivity contribution is -0.180. The fourth-order valence-corrected chi connectivity index (χ4v) is 1.26. The fourth-order valence-electron chi connectivity index (χ4n) is 1.26. The summed E-state index contributed by atoms with van der Waals surface area (Å²) in [5.41, 5.74) is 0. The number of benzene rings is 1. The van der Waals surface area contributed by atoms with Gasteiger partial charge in [-0.1, -0.05) is 27.7 Å². The van der Waals surface area contributed by atoms with Crippen LogP contribution >= 0.6 is 0 Å². The molecule has 5 nitrogen and oxygen atoms in total. The highest BCUT2D eigenvalue weighted by atomic mass is 19.1. The van der Waals surface area contributed by atoms with Crippen LogP contribution in [0.15, 0.2) is 24.3 Å². The predicted molar refractivity (Wildman–Crippen MR) is 73.1 cm³/mol. The molecule has 1 aromatic rings. The second-order valence-corrected chi connectivity index (χ2v) is 5.13. The van der Waals surface area contributed by atoms with E-state index in [9.17, 15) is 14.0 Å². The summed E-state index contributed by atoms with van der Waals surface area (Å²) in [5, 5.41) is 0. The molecule has 21 heavy (non-hydrogen) atoms. The third-order valence-corrected chi connectivity index (χ3v) is 2.48. The van der Waals surface area contributed by atoms with Crippen LogP contribution in [0.5, 0.6) is 5.75 Å². The first-order valence-electron chi connectivity index (χ1n) is 6.64. The number of ether oxygens (including phenoxy) is 3. The third-order valence-electron chi connectivity index (χ3n) is 2.48. The van der Waals surface area contributed by atoms with E-state index in [-0.39, 0.29) is 17.6 Å². The SMILES string of the molecule is CC(C)C(=O)OC(OC(=O)Oc1ccc(F)cc1)C(C)C.